The Morgan fingerprint density at radius 2 is 1.75 bits per heavy atom. The first-order valence-corrected chi connectivity index (χ1v) is 8.33. The Labute approximate surface area is 145 Å². The van der Waals surface area contributed by atoms with Gasteiger partial charge >= 0.3 is 5.97 Å². The lowest BCUT2D eigenvalue weighted by Gasteiger charge is -2.07. The Bertz CT molecular complexity index is 814. The first kappa shape index (κ1) is 17.6. The molecule has 24 heavy (non-hydrogen) atoms. The highest BCUT2D eigenvalue weighted by molar-refractivity contribution is 8.03. The van der Waals surface area contributed by atoms with Crippen LogP contribution < -0.4 is 11.5 Å². The van der Waals surface area contributed by atoms with Crippen LogP contribution in [0.3, 0.4) is 0 Å². The van der Waals surface area contributed by atoms with Gasteiger partial charge < -0.3 is 16.6 Å². The number of fused-ring (bicyclic) bond motifs is 1. The van der Waals surface area contributed by atoms with Gasteiger partial charge in [0.1, 0.15) is 0 Å². The van der Waals surface area contributed by atoms with Crippen LogP contribution in [0.5, 0.6) is 0 Å². The van der Waals surface area contributed by atoms with E-state index < -0.39 is 5.97 Å². The molecule has 2 aromatic carbocycles. The third-order valence-electron chi connectivity index (χ3n) is 3.23. The number of carboxylic acid groups (broad SMARTS) is 1. The molecule has 0 aliphatic carbocycles. The topological polar surface area (TPSA) is 102 Å². The molecule has 124 valence electrons. The minimum absolute atomic E-state index is 0.176. The van der Waals surface area contributed by atoms with Crippen LogP contribution in [0.2, 0.25) is 0 Å². The van der Waals surface area contributed by atoms with Crippen molar-refractivity contribution in [2.24, 2.45) is 16.5 Å². The van der Waals surface area contributed by atoms with Crippen molar-refractivity contribution in [3.63, 3.8) is 0 Å². The van der Waals surface area contributed by atoms with Crippen molar-refractivity contribution < 1.29 is 9.90 Å². The molecule has 0 bridgehead atoms. The maximum Gasteiger partial charge on any atom is 0.335 e. The Morgan fingerprint density at radius 3 is 2.38 bits per heavy atom. The number of nitrogens with zero attached hydrogens (tertiary/aromatic N) is 1. The Kier molecular flexibility index (Phi) is 5.65. The molecular formula is C18H19N3O2S. The van der Waals surface area contributed by atoms with Crippen molar-refractivity contribution in [3.05, 3.63) is 70.4 Å². The summed E-state index contributed by atoms with van der Waals surface area (Å²) in [4.78, 5) is 16.5. The molecule has 3 rings (SSSR count). The largest absolute Gasteiger partial charge is 0.478 e. The average Bonchev–Trinajstić information content (AvgIpc) is 2.74. The monoisotopic (exact) mass is 341 g/mol. The molecule has 5 N–H and O–H groups in total. The van der Waals surface area contributed by atoms with E-state index >= 15 is 0 Å². The number of thioether (sulfide) groups is 1. The van der Waals surface area contributed by atoms with Crippen LogP contribution in [0.1, 0.15) is 29.8 Å². The lowest BCUT2D eigenvalue weighted by atomic mass is 10.1. The molecule has 2 aromatic rings. The standard InChI is InChI=1S/C16H13N3O2S.C2H6/c17-13-14(9-4-2-1-3-5-9)19-11-8-10(16(20)21)6-7-12(11)22-15(13)18;1-2/h1-8H,17-18H2,(H,20,21);1-2H3. The zero-order valence-electron chi connectivity index (χ0n) is 13.5. The number of carbonyl (C=O) groups is 1. The third-order valence-corrected chi connectivity index (χ3v) is 4.23. The zero-order chi connectivity index (χ0) is 17.7. The molecule has 5 nitrogen and oxygen atoms in total. The minimum Gasteiger partial charge on any atom is -0.478 e. The summed E-state index contributed by atoms with van der Waals surface area (Å²) in [6, 6.07) is 14.2. The van der Waals surface area contributed by atoms with Gasteiger partial charge in [0.05, 0.1) is 27.7 Å². The van der Waals surface area contributed by atoms with Crippen LogP contribution in [-0.2, 0) is 0 Å². The van der Waals surface area contributed by atoms with Gasteiger partial charge in [-0.05, 0) is 18.2 Å². The van der Waals surface area contributed by atoms with Gasteiger partial charge in [-0.2, -0.15) is 0 Å². The SMILES string of the molecule is CC.NC1=C(N)C(c2ccccc2)=Nc2cc(C(=O)O)ccc2S1. The summed E-state index contributed by atoms with van der Waals surface area (Å²) < 4.78 is 0. The van der Waals surface area contributed by atoms with Crippen LogP contribution in [-0.4, -0.2) is 16.8 Å². The number of hydrogen-bond donors (Lipinski definition) is 3. The first-order chi connectivity index (χ1) is 11.6. The van der Waals surface area contributed by atoms with Gasteiger partial charge in [0.2, 0.25) is 0 Å². The number of aliphatic imine (C=N–C) groups is 1. The van der Waals surface area contributed by atoms with E-state index in [0.29, 0.717) is 22.1 Å². The highest BCUT2D eigenvalue weighted by Gasteiger charge is 2.19. The molecule has 1 aliphatic heterocycles. The minimum atomic E-state index is -0.998. The van der Waals surface area contributed by atoms with E-state index in [0.717, 1.165) is 10.5 Å². The molecule has 0 saturated carbocycles. The summed E-state index contributed by atoms with van der Waals surface area (Å²) in [6.07, 6.45) is 0. The molecular weight excluding hydrogens is 322 g/mol. The number of benzene rings is 2. The first-order valence-electron chi connectivity index (χ1n) is 7.51. The predicted molar refractivity (Wildman–Crippen MR) is 98.6 cm³/mol. The quantitative estimate of drug-likeness (QED) is 0.772. The maximum atomic E-state index is 11.1. The van der Waals surface area contributed by atoms with Gasteiger partial charge in [0.25, 0.3) is 0 Å². The van der Waals surface area contributed by atoms with Crippen molar-refractivity contribution in [2.45, 2.75) is 18.7 Å². The molecule has 1 heterocycles. The van der Waals surface area contributed by atoms with Crippen molar-refractivity contribution in [2.75, 3.05) is 0 Å². The number of nitrogens with two attached hydrogens (primary N) is 2. The fourth-order valence-corrected chi connectivity index (χ4v) is 2.90. The smallest absolute Gasteiger partial charge is 0.335 e. The molecule has 0 atom stereocenters. The highest BCUT2D eigenvalue weighted by atomic mass is 32.2. The second-order valence-electron chi connectivity index (χ2n) is 4.69. The second kappa shape index (κ2) is 7.70. The van der Waals surface area contributed by atoms with E-state index in [9.17, 15) is 4.79 Å². The van der Waals surface area contributed by atoms with Gasteiger partial charge in [0, 0.05) is 10.5 Å². The van der Waals surface area contributed by atoms with Crippen molar-refractivity contribution in [1.29, 1.82) is 0 Å². The summed E-state index contributed by atoms with van der Waals surface area (Å²) in [7, 11) is 0. The van der Waals surface area contributed by atoms with Gasteiger partial charge in [-0.15, -0.1) is 0 Å². The van der Waals surface area contributed by atoms with Gasteiger partial charge in [-0.25, -0.2) is 9.79 Å². The van der Waals surface area contributed by atoms with Crippen molar-refractivity contribution in [1.82, 2.24) is 0 Å². The number of rotatable bonds is 2. The molecule has 0 aromatic heterocycles. The lowest BCUT2D eigenvalue weighted by molar-refractivity contribution is 0.0697. The number of hydrogen-bond acceptors (Lipinski definition) is 5. The summed E-state index contributed by atoms with van der Waals surface area (Å²) in [6.45, 7) is 4.00. The fourth-order valence-electron chi connectivity index (χ4n) is 2.11. The van der Waals surface area contributed by atoms with Crippen LogP contribution in [0.15, 0.2) is 69.1 Å². The molecule has 0 spiro atoms. The summed E-state index contributed by atoms with van der Waals surface area (Å²) in [5.41, 5.74) is 14.7. The van der Waals surface area contributed by atoms with E-state index in [2.05, 4.69) is 4.99 Å². The van der Waals surface area contributed by atoms with Crippen LogP contribution in [0, 0.1) is 0 Å². The summed E-state index contributed by atoms with van der Waals surface area (Å²) in [5, 5.41) is 9.58. The van der Waals surface area contributed by atoms with Gasteiger partial charge in [-0.3, -0.25) is 0 Å². The van der Waals surface area contributed by atoms with E-state index in [1.54, 1.807) is 6.07 Å². The number of allylic oxidation sites excluding steroid dienone is 1. The molecule has 0 unspecified atom stereocenters. The molecule has 6 heteroatoms. The van der Waals surface area contributed by atoms with Gasteiger partial charge in [-0.1, -0.05) is 55.9 Å². The molecule has 0 saturated heterocycles. The third kappa shape index (κ3) is 3.60. The summed E-state index contributed by atoms with van der Waals surface area (Å²) >= 11 is 1.28. The second-order valence-corrected chi connectivity index (χ2v) is 5.78. The average molecular weight is 341 g/mol. The van der Waals surface area contributed by atoms with Crippen molar-refractivity contribution >= 4 is 29.1 Å². The van der Waals surface area contributed by atoms with Crippen LogP contribution in [0.4, 0.5) is 5.69 Å². The number of aromatic carboxylic acids is 1. The predicted octanol–water partition coefficient (Wildman–Crippen LogP) is 3.72. The maximum absolute atomic E-state index is 11.1. The highest BCUT2D eigenvalue weighted by Crippen LogP contribution is 2.37. The van der Waals surface area contributed by atoms with Gasteiger partial charge in [0.15, 0.2) is 0 Å². The van der Waals surface area contributed by atoms with E-state index in [1.807, 2.05) is 44.2 Å². The lowest BCUT2D eigenvalue weighted by Crippen LogP contribution is -2.17. The van der Waals surface area contributed by atoms with E-state index in [1.165, 1.54) is 23.9 Å². The van der Waals surface area contributed by atoms with Crippen LogP contribution >= 0.6 is 11.8 Å². The van der Waals surface area contributed by atoms with Crippen LogP contribution in [0.25, 0.3) is 0 Å². The normalized spacial score (nSPS) is 13.2. The summed E-state index contributed by atoms with van der Waals surface area (Å²) in [5.74, 6) is -0.998. The Balaban J connectivity index is 0.00000100. The molecule has 0 radical (unpaired) electrons. The molecule has 0 fully saturated rings. The molecule has 1 aliphatic rings. The number of carboxylic acids is 1. The Hall–Kier alpha value is -2.73. The van der Waals surface area contributed by atoms with E-state index in [-0.39, 0.29) is 5.56 Å². The Morgan fingerprint density at radius 1 is 1.08 bits per heavy atom. The van der Waals surface area contributed by atoms with E-state index in [4.69, 9.17) is 16.6 Å². The van der Waals surface area contributed by atoms with Crippen molar-refractivity contribution in [3.8, 4) is 0 Å². The fraction of sp³-hybridized carbons (Fsp3) is 0.111. The molecule has 0 amide bonds. The zero-order valence-corrected chi connectivity index (χ0v) is 14.3.